The van der Waals surface area contributed by atoms with E-state index in [0.717, 1.165) is 25.9 Å². The molecule has 1 fully saturated rings. The predicted octanol–water partition coefficient (Wildman–Crippen LogP) is 0.0276. The Labute approximate surface area is 103 Å². The molecule has 0 saturated carbocycles. The van der Waals surface area contributed by atoms with Gasteiger partial charge in [-0.15, -0.1) is 0 Å². The lowest BCUT2D eigenvalue weighted by atomic mass is 10.1. The summed E-state index contributed by atoms with van der Waals surface area (Å²) in [5.74, 6) is -0.0266. The van der Waals surface area contributed by atoms with Crippen molar-refractivity contribution in [2.45, 2.75) is 25.8 Å². The summed E-state index contributed by atoms with van der Waals surface area (Å²) in [4.78, 5) is 15.7. The smallest absolute Gasteiger partial charge is 0.236 e. The second kappa shape index (κ2) is 6.58. The molecule has 2 N–H and O–H groups in total. The second-order valence-electron chi connectivity index (χ2n) is 4.92. The summed E-state index contributed by atoms with van der Waals surface area (Å²) in [5.41, 5.74) is 5.81. The van der Waals surface area contributed by atoms with E-state index in [9.17, 15) is 4.79 Å². The molecule has 0 aromatic heterocycles. The van der Waals surface area contributed by atoms with Gasteiger partial charge in [-0.05, 0) is 19.8 Å². The molecule has 1 aliphatic heterocycles. The number of carbonyl (C=O) groups is 1. The molecule has 1 heterocycles. The number of likely N-dealkylation sites (N-methyl/N-ethyl adjacent to an activating group) is 1. The molecule has 5 nitrogen and oxygen atoms in total. The quantitative estimate of drug-likeness (QED) is 0.750. The zero-order valence-corrected chi connectivity index (χ0v) is 10.7. The van der Waals surface area contributed by atoms with Gasteiger partial charge in [-0.1, -0.05) is 0 Å². The van der Waals surface area contributed by atoms with Gasteiger partial charge >= 0.3 is 0 Å². The lowest BCUT2D eigenvalue weighted by Gasteiger charge is -2.31. The number of nitrogens with two attached hydrogens (primary N) is 1. The topological polar surface area (TPSA) is 73.4 Å². The van der Waals surface area contributed by atoms with Crippen LogP contribution in [0, 0.1) is 17.2 Å². The van der Waals surface area contributed by atoms with Crippen LogP contribution in [0.4, 0.5) is 0 Å². The average Bonchev–Trinajstić information content (AvgIpc) is 2.31. The molecule has 1 rings (SSSR count). The van der Waals surface area contributed by atoms with Crippen molar-refractivity contribution in [1.82, 2.24) is 9.80 Å². The summed E-state index contributed by atoms with van der Waals surface area (Å²) in [5, 5.41) is 8.70. The van der Waals surface area contributed by atoms with Gasteiger partial charge in [0.15, 0.2) is 0 Å². The number of carbonyl (C=O) groups excluding carboxylic acids is 1. The third kappa shape index (κ3) is 4.72. The second-order valence-corrected chi connectivity index (χ2v) is 4.92. The fourth-order valence-electron chi connectivity index (χ4n) is 1.98. The molecule has 96 valence electrons. The zero-order valence-electron chi connectivity index (χ0n) is 10.7. The van der Waals surface area contributed by atoms with Gasteiger partial charge < -0.3 is 10.6 Å². The van der Waals surface area contributed by atoms with E-state index in [4.69, 9.17) is 11.0 Å². The minimum Gasteiger partial charge on any atom is -0.343 e. The van der Waals surface area contributed by atoms with Crippen LogP contribution in [-0.4, -0.2) is 55.0 Å². The first-order valence-corrected chi connectivity index (χ1v) is 6.14. The van der Waals surface area contributed by atoms with Crippen molar-refractivity contribution in [2.24, 2.45) is 11.7 Å². The number of piperidine rings is 1. The van der Waals surface area contributed by atoms with E-state index < -0.39 is 0 Å². The van der Waals surface area contributed by atoms with Crippen LogP contribution >= 0.6 is 0 Å². The monoisotopic (exact) mass is 238 g/mol. The maximum Gasteiger partial charge on any atom is 0.236 e. The molecule has 0 aliphatic carbocycles. The van der Waals surface area contributed by atoms with Crippen LogP contribution in [0.1, 0.15) is 19.8 Å². The van der Waals surface area contributed by atoms with E-state index >= 15 is 0 Å². The third-order valence-electron chi connectivity index (χ3n) is 3.18. The molecule has 1 unspecified atom stereocenters. The average molecular weight is 238 g/mol. The number of nitrogens with zero attached hydrogens (tertiary/aromatic N) is 3. The van der Waals surface area contributed by atoms with Crippen molar-refractivity contribution < 1.29 is 4.79 Å². The Morgan fingerprint density at radius 1 is 1.59 bits per heavy atom. The molecule has 0 spiro atoms. The molecule has 17 heavy (non-hydrogen) atoms. The summed E-state index contributed by atoms with van der Waals surface area (Å²) < 4.78 is 0. The summed E-state index contributed by atoms with van der Waals surface area (Å²) >= 11 is 0. The van der Waals surface area contributed by atoms with E-state index in [1.54, 1.807) is 11.9 Å². The maximum atomic E-state index is 11.9. The summed E-state index contributed by atoms with van der Waals surface area (Å²) in [6, 6.07) is 2.43. The highest BCUT2D eigenvalue weighted by Crippen LogP contribution is 2.08. The third-order valence-corrected chi connectivity index (χ3v) is 3.18. The maximum absolute atomic E-state index is 11.9. The number of rotatable bonds is 4. The van der Waals surface area contributed by atoms with Crippen LogP contribution in [0.25, 0.3) is 0 Å². The van der Waals surface area contributed by atoms with Gasteiger partial charge in [-0.3, -0.25) is 9.69 Å². The van der Waals surface area contributed by atoms with E-state index in [1.807, 2.05) is 6.92 Å². The Bertz CT molecular complexity index is 291. The molecular weight excluding hydrogens is 216 g/mol. The molecule has 5 heteroatoms. The highest BCUT2D eigenvalue weighted by molar-refractivity contribution is 5.78. The van der Waals surface area contributed by atoms with Crippen molar-refractivity contribution in [2.75, 3.05) is 33.2 Å². The number of amides is 1. The molecule has 1 saturated heterocycles. The first-order chi connectivity index (χ1) is 8.02. The lowest BCUT2D eigenvalue weighted by molar-refractivity contribution is -0.131. The first-order valence-electron chi connectivity index (χ1n) is 6.14. The van der Waals surface area contributed by atoms with Gasteiger partial charge in [-0.2, -0.15) is 5.26 Å². The highest BCUT2D eigenvalue weighted by Gasteiger charge is 2.20. The van der Waals surface area contributed by atoms with Crippen LogP contribution in [0.5, 0.6) is 0 Å². The summed E-state index contributed by atoms with van der Waals surface area (Å²) in [6.45, 7) is 4.57. The highest BCUT2D eigenvalue weighted by atomic mass is 16.2. The Hall–Kier alpha value is -1.12. The van der Waals surface area contributed by atoms with Crippen molar-refractivity contribution in [1.29, 1.82) is 5.26 Å². The number of hydrogen-bond acceptors (Lipinski definition) is 4. The lowest BCUT2D eigenvalue weighted by Crippen LogP contribution is -2.45. The minimum atomic E-state index is -0.112. The standard InChI is InChI=1S/C12H22N4O/c1-10(7-13)8-15(2)12(17)9-16-5-3-11(14)4-6-16/h10-11H,3-6,8-9,14H2,1-2H3. The van der Waals surface area contributed by atoms with E-state index in [2.05, 4.69) is 11.0 Å². The van der Waals surface area contributed by atoms with Crippen molar-refractivity contribution >= 4 is 5.91 Å². The van der Waals surface area contributed by atoms with Gasteiger partial charge in [0.2, 0.25) is 5.91 Å². The molecule has 0 aromatic rings. The van der Waals surface area contributed by atoms with Crippen LogP contribution < -0.4 is 5.73 Å². The molecule has 1 amide bonds. The van der Waals surface area contributed by atoms with E-state index in [1.165, 1.54) is 0 Å². The van der Waals surface area contributed by atoms with E-state index in [-0.39, 0.29) is 17.9 Å². The van der Waals surface area contributed by atoms with Crippen molar-refractivity contribution in [3.8, 4) is 6.07 Å². The van der Waals surface area contributed by atoms with Crippen LogP contribution in [0.15, 0.2) is 0 Å². The largest absolute Gasteiger partial charge is 0.343 e. The molecular formula is C12H22N4O. The minimum absolute atomic E-state index is 0.0857. The van der Waals surface area contributed by atoms with E-state index in [0.29, 0.717) is 13.1 Å². The Kier molecular flexibility index (Phi) is 5.39. The Morgan fingerprint density at radius 2 is 2.18 bits per heavy atom. The number of hydrogen-bond donors (Lipinski definition) is 1. The molecule has 1 aliphatic rings. The van der Waals surface area contributed by atoms with Crippen molar-refractivity contribution in [3.63, 3.8) is 0 Å². The molecule has 0 aromatic carbocycles. The zero-order chi connectivity index (χ0) is 12.8. The number of nitriles is 1. The van der Waals surface area contributed by atoms with Gasteiger partial charge in [-0.25, -0.2) is 0 Å². The fourth-order valence-corrected chi connectivity index (χ4v) is 1.98. The molecule has 1 atom stereocenters. The fraction of sp³-hybridized carbons (Fsp3) is 0.833. The van der Waals surface area contributed by atoms with Gasteiger partial charge in [0.1, 0.15) is 0 Å². The summed E-state index contributed by atoms with van der Waals surface area (Å²) in [7, 11) is 1.76. The molecule has 0 radical (unpaired) electrons. The van der Waals surface area contributed by atoms with Gasteiger partial charge in [0.05, 0.1) is 18.5 Å². The van der Waals surface area contributed by atoms with Crippen LogP contribution in [-0.2, 0) is 4.79 Å². The van der Waals surface area contributed by atoms with Crippen LogP contribution in [0.3, 0.4) is 0 Å². The van der Waals surface area contributed by atoms with Gasteiger partial charge in [0.25, 0.3) is 0 Å². The Balaban J connectivity index is 2.31. The van der Waals surface area contributed by atoms with Gasteiger partial charge in [0, 0.05) is 32.7 Å². The number of likely N-dealkylation sites (tertiary alicyclic amines) is 1. The SMILES string of the molecule is CC(C#N)CN(C)C(=O)CN1CCC(N)CC1. The first kappa shape index (κ1) is 13.9. The predicted molar refractivity (Wildman–Crippen MR) is 66.1 cm³/mol. The van der Waals surface area contributed by atoms with Crippen LogP contribution in [0.2, 0.25) is 0 Å². The molecule has 0 bridgehead atoms. The van der Waals surface area contributed by atoms with Crippen molar-refractivity contribution in [3.05, 3.63) is 0 Å². The Morgan fingerprint density at radius 3 is 2.71 bits per heavy atom. The normalized spacial score (nSPS) is 19.6. The summed E-state index contributed by atoms with van der Waals surface area (Å²) in [6.07, 6.45) is 1.93.